The van der Waals surface area contributed by atoms with Crippen LogP contribution in [0.5, 0.6) is 5.75 Å². The zero-order valence-corrected chi connectivity index (χ0v) is 19.5. The lowest BCUT2D eigenvalue weighted by atomic mass is 9.73. The third-order valence-corrected chi connectivity index (χ3v) is 6.37. The molecule has 2 heterocycles. The van der Waals surface area contributed by atoms with Crippen LogP contribution in [-0.2, 0) is 4.79 Å². The minimum atomic E-state index is -0.359. The minimum absolute atomic E-state index is 0.0866. The highest BCUT2D eigenvalue weighted by molar-refractivity contribution is 9.10. The highest BCUT2D eigenvalue weighted by atomic mass is 79.9. The van der Waals surface area contributed by atoms with Crippen LogP contribution in [0.1, 0.15) is 52.1 Å². The molecule has 1 atom stereocenters. The Kier molecular flexibility index (Phi) is 5.50. The maximum atomic E-state index is 13.3. The lowest BCUT2D eigenvalue weighted by Gasteiger charge is -2.38. The van der Waals surface area contributed by atoms with Gasteiger partial charge in [-0.3, -0.25) is 4.79 Å². The summed E-state index contributed by atoms with van der Waals surface area (Å²) in [6.07, 6.45) is 1.31. The number of nitrogens with one attached hydrogen (secondary N) is 1. The van der Waals surface area contributed by atoms with Gasteiger partial charge in [0.1, 0.15) is 11.8 Å². The first-order valence-electron chi connectivity index (χ1n) is 9.88. The number of allylic oxidation sites excluding steroid dienone is 2. The zero-order valence-electron chi connectivity index (χ0n) is 17.1. The van der Waals surface area contributed by atoms with Gasteiger partial charge < -0.3 is 10.1 Å². The molecule has 6 nitrogen and oxygen atoms in total. The molecule has 0 saturated heterocycles. The molecule has 2 aliphatic rings. The van der Waals surface area contributed by atoms with Crippen molar-refractivity contribution in [2.24, 2.45) is 5.41 Å². The molecule has 0 radical (unpaired) electrons. The summed E-state index contributed by atoms with van der Waals surface area (Å²) < 4.78 is 8.71. The van der Waals surface area contributed by atoms with E-state index in [4.69, 9.17) is 9.84 Å². The number of aromatic nitrogens is 3. The van der Waals surface area contributed by atoms with Crippen LogP contribution in [0.25, 0.3) is 0 Å². The SMILES string of the molecule is CCOc1ccc(Br)cc1C1C2=C(CC(C)(C)CC2=O)Nc2nc(SCC)nn21. The number of ketones is 1. The number of carbonyl (C=O) groups is 1. The number of thioether (sulfide) groups is 1. The number of halogens is 1. The van der Waals surface area contributed by atoms with Crippen LogP contribution >= 0.6 is 27.7 Å². The number of hydrogen-bond acceptors (Lipinski definition) is 6. The number of anilines is 1. The van der Waals surface area contributed by atoms with E-state index in [1.165, 1.54) is 0 Å². The van der Waals surface area contributed by atoms with Crippen molar-refractivity contribution >= 4 is 39.4 Å². The van der Waals surface area contributed by atoms with Crippen molar-refractivity contribution in [2.75, 3.05) is 17.7 Å². The van der Waals surface area contributed by atoms with Crippen molar-refractivity contribution in [3.8, 4) is 5.75 Å². The predicted octanol–water partition coefficient (Wildman–Crippen LogP) is 5.21. The van der Waals surface area contributed by atoms with Crippen LogP contribution in [0, 0.1) is 5.41 Å². The van der Waals surface area contributed by atoms with Crippen molar-refractivity contribution in [1.82, 2.24) is 14.8 Å². The number of nitrogens with zero attached hydrogens (tertiary/aromatic N) is 3. The molecule has 1 aliphatic heterocycles. The van der Waals surface area contributed by atoms with Gasteiger partial charge in [0.05, 0.1) is 6.61 Å². The van der Waals surface area contributed by atoms with E-state index >= 15 is 0 Å². The largest absolute Gasteiger partial charge is 0.494 e. The smallest absolute Gasteiger partial charge is 0.227 e. The molecule has 29 heavy (non-hydrogen) atoms. The van der Waals surface area contributed by atoms with Crippen molar-refractivity contribution in [3.05, 3.63) is 39.5 Å². The van der Waals surface area contributed by atoms with E-state index in [1.54, 1.807) is 11.8 Å². The molecule has 0 spiro atoms. The molecule has 154 valence electrons. The summed E-state index contributed by atoms with van der Waals surface area (Å²) in [5.74, 6) is 2.48. The average Bonchev–Trinajstić information content (AvgIpc) is 3.03. The quantitative estimate of drug-likeness (QED) is 0.597. The van der Waals surface area contributed by atoms with Crippen molar-refractivity contribution in [2.45, 2.75) is 51.7 Å². The molecule has 1 unspecified atom stereocenters. The van der Waals surface area contributed by atoms with Gasteiger partial charge in [-0.05, 0) is 42.7 Å². The first-order valence-corrected chi connectivity index (χ1v) is 11.7. The van der Waals surface area contributed by atoms with Crippen molar-refractivity contribution in [1.29, 1.82) is 0 Å². The molecule has 1 aromatic carbocycles. The van der Waals surface area contributed by atoms with Gasteiger partial charge >= 0.3 is 0 Å². The Hall–Kier alpha value is -1.80. The molecular formula is C21H25BrN4O2S. The molecule has 4 rings (SSSR count). The number of Topliss-reactive ketones (excluding diaryl/α,β-unsaturated/α-hetero) is 1. The van der Waals surface area contributed by atoms with Crippen LogP contribution in [0.3, 0.4) is 0 Å². The number of rotatable bonds is 5. The molecule has 0 fully saturated rings. The lowest BCUT2D eigenvalue weighted by Crippen LogP contribution is -2.36. The Balaban J connectivity index is 1.93. The molecule has 1 aromatic heterocycles. The van der Waals surface area contributed by atoms with Crippen LogP contribution in [-0.4, -0.2) is 32.9 Å². The summed E-state index contributed by atoms with van der Waals surface area (Å²) >= 11 is 5.17. The van der Waals surface area contributed by atoms with Crippen LogP contribution in [0.2, 0.25) is 0 Å². The highest BCUT2D eigenvalue weighted by Gasteiger charge is 2.42. The average molecular weight is 477 g/mol. The lowest BCUT2D eigenvalue weighted by molar-refractivity contribution is -0.118. The number of carbonyl (C=O) groups excluding carboxylic acids is 1. The molecule has 8 heteroatoms. The topological polar surface area (TPSA) is 69.0 Å². The molecular weight excluding hydrogens is 452 g/mol. The monoisotopic (exact) mass is 476 g/mol. The van der Waals surface area contributed by atoms with Gasteiger partial charge in [-0.2, -0.15) is 4.98 Å². The summed E-state index contributed by atoms with van der Waals surface area (Å²) in [5.41, 5.74) is 2.55. The molecule has 0 bridgehead atoms. The van der Waals surface area contributed by atoms with Gasteiger partial charge in [-0.1, -0.05) is 48.5 Å². The fourth-order valence-corrected chi connectivity index (χ4v) is 5.02. The maximum Gasteiger partial charge on any atom is 0.227 e. The first-order chi connectivity index (χ1) is 13.8. The number of ether oxygens (including phenoxy) is 1. The Bertz CT molecular complexity index is 999. The normalized spacial score (nSPS) is 20.2. The van der Waals surface area contributed by atoms with Crippen LogP contribution < -0.4 is 10.1 Å². The second-order valence-electron chi connectivity index (χ2n) is 8.07. The summed E-state index contributed by atoms with van der Waals surface area (Å²) in [5, 5.41) is 8.86. The van der Waals surface area contributed by atoms with Crippen molar-refractivity contribution < 1.29 is 9.53 Å². The van der Waals surface area contributed by atoms with Crippen LogP contribution in [0.4, 0.5) is 5.95 Å². The van der Waals surface area contributed by atoms with Gasteiger partial charge in [0, 0.05) is 27.7 Å². The fourth-order valence-electron chi connectivity index (χ4n) is 4.09. The summed E-state index contributed by atoms with van der Waals surface area (Å²) in [6.45, 7) is 8.85. The summed E-state index contributed by atoms with van der Waals surface area (Å²) in [7, 11) is 0. The Labute approximate surface area is 183 Å². The van der Waals surface area contributed by atoms with E-state index in [9.17, 15) is 4.79 Å². The third kappa shape index (κ3) is 3.84. The predicted molar refractivity (Wildman–Crippen MR) is 119 cm³/mol. The third-order valence-electron chi connectivity index (χ3n) is 5.15. The van der Waals surface area contributed by atoms with Gasteiger partial charge in [0.15, 0.2) is 5.78 Å². The van der Waals surface area contributed by atoms with E-state index in [-0.39, 0.29) is 17.2 Å². The second kappa shape index (κ2) is 7.80. The molecule has 2 aromatic rings. The van der Waals surface area contributed by atoms with E-state index in [0.717, 1.165) is 39.2 Å². The minimum Gasteiger partial charge on any atom is -0.494 e. The molecule has 1 aliphatic carbocycles. The Morgan fingerprint density at radius 2 is 2.14 bits per heavy atom. The zero-order chi connectivity index (χ0) is 20.8. The van der Waals surface area contributed by atoms with Crippen LogP contribution in [0.15, 0.2) is 39.1 Å². The van der Waals surface area contributed by atoms with E-state index in [2.05, 4.69) is 47.0 Å². The standard InChI is InChI=1S/C21H25BrN4O2S/c1-5-28-16-8-7-12(22)9-13(16)18-17-14(10-21(3,4)11-15(17)27)23-19-24-20(29-6-2)25-26(18)19/h7-9,18H,5-6,10-11H2,1-4H3,(H,23,24,25). The van der Waals surface area contributed by atoms with Gasteiger partial charge in [0.25, 0.3) is 0 Å². The highest BCUT2D eigenvalue weighted by Crippen LogP contribution is 2.47. The number of benzene rings is 1. The van der Waals surface area contributed by atoms with Gasteiger partial charge in [-0.25, -0.2) is 4.68 Å². The molecule has 0 amide bonds. The number of hydrogen-bond donors (Lipinski definition) is 1. The van der Waals surface area contributed by atoms with E-state index in [1.807, 2.05) is 29.8 Å². The second-order valence-corrected chi connectivity index (χ2v) is 10.2. The Morgan fingerprint density at radius 1 is 1.34 bits per heavy atom. The van der Waals surface area contributed by atoms with Gasteiger partial charge in [-0.15, -0.1) is 5.10 Å². The van der Waals surface area contributed by atoms with E-state index < -0.39 is 0 Å². The van der Waals surface area contributed by atoms with Crippen molar-refractivity contribution in [3.63, 3.8) is 0 Å². The fraction of sp³-hybridized carbons (Fsp3) is 0.476. The molecule has 0 saturated carbocycles. The molecule has 1 N–H and O–H groups in total. The first kappa shape index (κ1) is 20.5. The Morgan fingerprint density at radius 3 is 2.86 bits per heavy atom. The summed E-state index contributed by atoms with van der Waals surface area (Å²) in [6, 6.07) is 5.57. The number of fused-ring (bicyclic) bond motifs is 1. The van der Waals surface area contributed by atoms with E-state index in [0.29, 0.717) is 24.1 Å². The summed E-state index contributed by atoms with van der Waals surface area (Å²) in [4.78, 5) is 18.0. The maximum absolute atomic E-state index is 13.3. The van der Waals surface area contributed by atoms with Gasteiger partial charge in [0.2, 0.25) is 11.1 Å².